The van der Waals surface area contributed by atoms with Gasteiger partial charge in [-0.3, -0.25) is 9.59 Å². The molecule has 0 unspecified atom stereocenters. The maximum Gasteiger partial charge on any atom is 0.246 e. The molecule has 0 aliphatic heterocycles. The van der Waals surface area contributed by atoms with Gasteiger partial charge in [-0.05, 0) is 66.5 Å². The summed E-state index contributed by atoms with van der Waals surface area (Å²) in [6.45, 7) is 6.69. The highest BCUT2D eigenvalue weighted by Crippen LogP contribution is 2.55. The Morgan fingerprint density at radius 3 is 2.49 bits per heavy atom. The lowest BCUT2D eigenvalue weighted by Crippen LogP contribution is -2.58. The quantitative estimate of drug-likeness (QED) is 0.492. The Morgan fingerprint density at radius 2 is 1.83 bits per heavy atom. The molecule has 196 valence electrons. The van der Waals surface area contributed by atoms with E-state index in [4.69, 9.17) is 14.2 Å². The van der Waals surface area contributed by atoms with Crippen LogP contribution in [0.5, 0.6) is 11.5 Å². The van der Waals surface area contributed by atoms with Gasteiger partial charge in [0.1, 0.15) is 6.61 Å². The van der Waals surface area contributed by atoms with Gasteiger partial charge in [-0.2, -0.15) is 0 Å². The first-order chi connectivity index (χ1) is 16.6. The molecule has 0 bridgehead atoms. The van der Waals surface area contributed by atoms with Crippen molar-refractivity contribution in [3.05, 3.63) is 23.8 Å². The van der Waals surface area contributed by atoms with E-state index < -0.39 is 6.10 Å². The van der Waals surface area contributed by atoms with Crippen molar-refractivity contribution in [2.75, 3.05) is 27.9 Å². The van der Waals surface area contributed by atoms with Crippen LogP contribution in [0.25, 0.3) is 0 Å². The molecule has 1 aromatic carbocycles. The van der Waals surface area contributed by atoms with Crippen LogP contribution >= 0.6 is 0 Å². The number of methoxy groups -OCH3 is 3. The zero-order valence-electron chi connectivity index (χ0n) is 21.9. The maximum atomic E-state index is 13.1. The fourth-order valence-corrected chi connectivity index (χ4v) is 6.41. The molecule has 2 aliphatic rings. The molecule has 3 rings (SSSR count). The highest BCUT2D eigenvalue weighted by molar-refractivity contribution is 5.79. The largest absolute Gasteiger partial charge is 0.493 e. The molecule has 1 aromatic rings. The number of carbonyl (C=O) groups excluding carboxylic acids is 2. The number of carbonyl (C=O) groups is 2. The average Bonchev–Trinajstić information content (AvgIpc) is 2.84. The fraction of sp³-hybridized carbons (Fsp3) is 0.704. The van der Waals surface area contributed by atoms with Crippen LogP contribution in [0, 0.1) is 29.1 Å². The summed E-state index contributed by atoms with van der Waals surface area (Å²) in [7, 11) is 4.68. The number of amides is 2. The summed E-state index contributed by atoms with van der Waals surface area (Å²) in [6.07, 6.45) is 3.02. The molecule has 7 atom stereocenters. The van der Waals surface area contributed by atoms with Gasteiger partial charge in [0.25, 0.3) is 0 Å². The van der Waals surface area contributed by atoms with Crippen LogP contribution in [0.1, 0.15) is 52.0 Å². The van der Waals surface area contributed by atoms with Crippen LogP contribution in [0.2, 0.25) is 0 Å². The monoisotopic (exact) mass is 490 g/mol. The van der Waals surface area contributed by atoms with Crippen molar-refractivity contribution in [3.63, 3.8) is 0 Å². The molecule has 0 spiro atoms. The molecule has 0 aromatic heterocycles. The van der Waals surface area contributed by atoms with Crippen molar-refractivity contribution in [2.45, 2.75) is 65.1 Å². The van der Waals surface area contributed by atoms with E-state index in [0.717, 1.165) is 31.2 Å². The van der Waals surface area contributed by atoms with Crippen molar-refractivity contribution in [1.29, 1.82) is 0 Å². The second-order valence-corrected chi connectivity index (χ2v) is 10.6. The predicted octanol–water partition coefficient (Wildman–Crippen LogP) is 2.91. The van der Waals surface area contributed by atoms with Crippen LogP contribution < -0.4 is 20.1 Å². The van der Waals surface area contributed by atoms with Gasteiger partial charge < -0.3 is 30.0 Å². The van der Waals surface area contributed by atoms with E-state index in [0.29, 0.717) is 18.0 Å². The number of fused-ring (bicyclic) bond motifs is 1. The van der Waals surface area contributed by atoms with E-state index in [9.17, 15) is 14.7 Å². The fourth-order valence-electron chi connectivity index (χ4n) is 6.41. The van der Waals surface area contributed by atoms with E-state index in [1.54, 1.807) is 14.2 Å². The Labute approximate surface area is 209 Å². The van der Waals surface area contributed by atoms with Crippen molar-refractivity contribution in [3.8, 4) is 11.5 Å². The molecular formula is C27H42N2O6. The molecule has 35 heavy (non-hydrogen) atoms. The van der Waals surface area contributed by atoms with Crippen molar-refractivity contribution in [2.24, 2.45) is 29.1 Å². The zero-order chi connectivity index (χ0) is 25.8. The smallest absolute Gasteiger partial charge is 0.246 e. The number of nitrogens with one attached hydrogen (secondary N) is 2. The van der Waals surface area contributed by atoms with Crippen LogP contribution in [-0.2, 0) is 20.9 Å². The highest BCUT2D eigenvalue weighted by Gasteiger charge is 2.53. The number of hydrogen-bond donors (Lipinski definition) is 3. The lowest BCUT2D eigenvalue weighted by atomic mass is 9.51. The molecule has 3 N–H and O–H groups in total. The molecule has 2 aliphatic carbocycles. The second-order valence-electron chi connectivity index (χ2n) is 10.6. The Kier molecular flexibility index (Phi) is 9.05. The SMILES string of the molecule is COCC(=O)N[C@H]1CC[C@]2(C)CC[C@@H]([C@H](C)C(=O)NCc3ccc(OC)c(OC)c3)[C@H](O)[C@H]2[C@@H]1C. The van der Waals surface area contributed by atoms with Gasteiger partial charge >= 0.3 is 0 Å². The molecule has 2 amide bonds. The van der Waals surface area contributed by atoms with E-state index in [1.165, 1.54) is 7.11 Å². The average molecular weight is 491 g/mol. The number of aliphatic hydroxyl groups is 1. The van der Waals surface area contributed by atoms with Gasteiger partial charge in [0.2, 0.25) is 11.8 Å². The summed E-state index contributed by atoms with van der Waals surface area (Å²) in [4.78, 5) is 25.2. The molecule has 0 heterocycles. The number of benzene rings is 1. The Morgan fingerprint density at radius 1 is 1.14 bits per heavy atom. The summed E-state index contributed by atoms with van der Waals surface area (Å²) in [5.74, 6) is 0.729. The third kappa shape index (κ3) is 5.92. The predicted molar refractivity (Wildman–Crippen MR) is 133 cm³/mol. The van der Waals surface area contributed by atoms with E-state index in [2.05, 4.69) is 24.5 Å². The van der Waals surface area contributed by atoms with Gasteiger partial charge in [-0.1, -0.05) is 26.8 Å². The minimum absolute atomic E-state index is 0.00156. The van der Waals surface area contributed by atoms with E-state index in [-0.39, 0.29) is 53.5 Å². The molecule has 0 radical (unpaired) electrons. The standard InChI is InChI=1S/C27H42N2O6/c1-16(26(32)28-14-18-7-8-21(34-5)22(13-18)35-6)19-9-11-27(3)12-10-20(29-23(30)15-33-4)17(2)24(27)25(19)31/h7-8,13,16-17,19-20,24-25,31H,9-12,14-15H2,1-6H3,(H,28,32)(H,29,30)/t16-,17+,19-,20-,24+,25-,27-/m0/s1. The Balaban J connectivity index is 1.65. The number of hydrogen-bond acceptors (Lipinski definition) is 6. The van der Waals surface area contributed by atoms with Crippen LogP contribution in [-0.4, -0.2) is 57.0 Å². The zero-order valence-corrected chi connectivity index (χ0v) is 21.9. The first-order valence-corrected chi connectivity index (χ1v) is 12.6. The summed E-state index contributed by atoms with van der Waals surface area (Å²) >= 11 is 0. The highest BCUT2D eigenvalue weighted by atomic mass is 16.5. The third-order valence-electron chi connectivity index (χ3n) is 8.48. The van der Waals surface area contributed by atoms with Gasteiger partial charge in [0.05, 0.1) is 20.3 Å². The van der Waals surface area contributed by atoms with Crippen molar-refractivity contribution < 1.29 is 28.9 Å². The van der Waals surface area contributed by atoms with Crippen molar-refractivity contribution in [1.82, 2.24) is 10.6 Å². The molecule has 8 nitrogen and oxygen atoms in total. The summed E-state index contributed by atoms with van der Waals surface area (Å²) in [6, 6.07) is 5.57. The number of rotatable bonds is 9. The van der Waals surface area contributed by atoms with Crippen molar-refractivity contribution >= 4 is 11.8 Å². The van der Waals surface area contributed by atoms with E-state index >= 15 is 0 Å². The van der Waals surface area contributed by atoms with Crippen LogP contribution in [0.4, 0.5) is 0 Å². The van der Waals surface area contributed by atoms with Crippen LogP contribution in [0.3, 0.4) is 0 Å². The Bertz CT molecular complexity index is 892. The normalized spacial score (nSPS) is 31.1. The second kappa shape index (κ2) is 11.6. The first-order valence-electron chi connectivity index (χ1n) is 12.6. The molecule has 0 saturated heterocycles. The third-order valence-corrected chi connectivity index (χ3v) is 8.48. The van der Waals surface area contributed by atoms with Gasteiger partial charge in [-0.15, -0.1) is 0 Å². The lowest BCUT2D eigenvalue weighted by Gasteiger charge is -2.56. The molecule has 8 heteroatoms. The minimum Gasteiger partial charge on any atom is -0.493 e. The summed E-state index contributed by atoms with van der Waals surface area (Å²) < 4.78 is 15.6. The summed E-state index contributed by atoms with van der Waals surface area (Å²) in [5, 5.41) is 17.7. The summed E-state index contributed by atoms with van der Waals surface area (Å²) in [5.41, 5.74) is 0.920. The van der Waals surface area contributed by atoms with Gasteiger partial charge in [0.15, 0.2) is 11.5 Å². The lowest BCUT2D eigenvalue weighted by molar-refractivity contribution is -0.144. The van der Waals surface area contributed by atoms with E-state index in [1.807, 2.05) is 25.1 Å². The molecule has 2 fully saturated rings. The number of ether oxygens (including phenoxy) is 3. The minimum atomic E-state index is -0.604. The van der Waals surface area contributed by atoms with Crippen LogP contribution in [0.15, 0.2) is 18.2 Å². The Hall–Kier alpha value is -2.32. The van der Waals surface area contributed by atoms with Gasteiger partial charge in [-0.25, -0.2) is 0 Å². The first kappa shape index (κ1) is 27.3. The van der Waals surface area contributed by atoms with Gasteiger partial charge in [0, 0.05) is 25.6 Å². The molecular weight excluding hydrogens is 448 g/mol. The molecule has 2 saturated carbocycles. The number of aliphatic hydroxyl groups excluding tert-OH is 1. The maximum absolute atomic E-state index is 13.1. The topological polar surface area (TPSA) is 106 Å².